The number of nitrogens with zero attached hydrogens (tertiary/aromatic N) is 7. The fraction of sp³-hybridized carbons (Fsp3) is 0.378. The Morgan fingerprint density at radius 1 is 0.960 bits per heavy atom. The average Bonchev–Trinajstić information content (AvgIpc) is 3.52. The average molecular weight is 676 g/mol. The Kier molecular flexibility index (Phi) is 8.35. The number of aromatic hydroxyl groups is 1. The molecule has 2 aromatic heterocycles. The summed E-state index contributed by atoms with van der Waals surface area (Å²) < 4.78 is 6.49. The molecule has 0 unspecified atom stereocenters. The Bertz CT molecular complexity index is 1880. The Balaban J connectivity index is 0.860. The lowest BCUT2D eigenvalue weighted by molar-refractivity contribution is -0.120. The third-order valence-electron chi connectivity index (χ3n) is 10.5. The van der Waals surface area contributed by atoms with Gasteiger partial charge in [0.1, 0.15) is 11.9 Å². The van der Waals surface area contributed by atoms with Gasteiger partial charge in [0.2, 0.25) is 11.8 Å². The number of carbonyl (C=O) groups is 2. The van der Waals surface area contributed by atoms with E-state index in [0.29, 0.717) is 36.6 Å². The molecule has 13 nitrogen and oxygen atoms in total. The maximum absolute atomic E-state index is 12.2. The quantitative estimate of drug-likeness (QED) is 0.247. The summed E-state index contributed by atoms with van der Waals surface area (Å²) >= 11 is 0. The number of phenols is 1. The fourth-order valence-electron chi connectivity index (χ4n) is 7.66. The number of benzene rings is 2. The molecule has 13 heteroatoms. The number of phenolic OH excluding ortho intramolecular Hbond substituents is 1. The summed E-state index contributed by atoms with van der Waals surface area (Å²) in [7, 11) is 0. The van der Waals surface area contributed by atoms with Gasteiger partial charge in [-0.1, -0.05) is 25.1 Å². The summed E-state index contributed by atoms with van der Waals surface area (Å²) in [6, 6.07) is 20.9. The van der Waals surface area contributed by atoms with Crippen LogP contribution < -0.4 is 30.1 Å². The first kappa shape index (κ1) is 31.8. The summed E-state index contributed by atoms with van der Waals surface area (Å²) in [4.78, 5) is 37.2. The zero-order valence-electron chi connectivity index (χ0n) is 28.1. The van der Waals surface area contributed by atoms with Gasteiger partial charge in [-0.05, 0) is 54.4 Å². The van der Waals surface area contributed by atoms with Crippen molar-refractivity contribution in [3.8, 4) is 22.9 Å². The van der Waals surface area contributed by atoms with Gasteiger partial charge in [-0.2, -0.15) is 0 Å². The van der Waals surface area contributed by atoms with Crippen LogP contribution in [0.1, 0.15) is 31.7 Å². The van der Waals surface area contributed by atoms with E-state index < -0.39 is 0 Å². The van der Waals surface area contributed by atoms with E-state index in [1.165, 1.54) is 0 Å². The summed E-state index contributed by atoms with van der Waals surface area (Å²) in [5, 5.41) is 25.2. The second-order valence-electron chi connectivity index (χ2n) is 13.5. The monoisotopic (exact) mass is 675 g/mol. The highest BCUT2D eigenvalue weighted by molar-refractivity contribution is 6.05. The molecule has 2 atom stereocenters. The number of pyridine rings is 1. The van der Waals surface area contributed by atoms with Crippen LogP contribution in [0.25, 0.3) is 11.3 Å². The molecule has 3 amide bonds. The molecule has 0 saturated carbocycles. The topological polar surface area (TPSA) is 139 Å². The molecule has 2 aromatic carbocycles. The minimum atomic E-state index is -0.365. The first-order chi connectivity index (χ1) is 24.4. The van der Waals surface area contributed by atoms with Crippen molar-refractivity contribution in [2.45, 2.75) is 44.4 Å². The third kappa shape index (κ3) is 6.13. The van der Waals surface area contributed by atoms with Crippen LogP contribution in [0.4, 0.5) is 27.7 Å². The van der Waals surface area contributed by atoms with Crippen molar-refractivity contribution >= 4 is 34.8 Å². The number of urea groups is 1. The van der Waals surface area contributed by atoms with E-state index in [0.717, 1.165) is 80.6 Å². The largest absolute Gasteiger partial charge is 0.507 e. The van der Waals surface area contributed by atoms with Gasteiger partial charge in [-0.3, -0.25) is 19.9 Å². The zero-order chi connectivity index (χ0) is 34.2. The van der Waals surface area contributed by atoms with E-state index in [4.69, 9.17) is 9.72 Å². The number of para-hydroxylation sites is 1. The van der Waals surface area contributed by atoms with Crippen molar-refractivity contribution in [2.75, 3.05) is 65.8 Å². The minimum absolute atomic E-state index is 0.0360. The number of piperazine rings is 1. The first-order valence-electron chi connectivity index (χ1n) is 17.4. The van der Waals surface area contributed by atoms with E-state index in [1.54, 1.807) is 17.0 Å². The lowest BCUT2D eigenvalue weighted by Gasteiger charge is -2.43. The second-order valence-corrected chi connectivity index (χ2v) is 13.5. The smallest absolute Gasteiger partial charge is 0.328 e. The second kappa shape index (κ2) is 13.1. The fourth-order valence-corrected chi connectivity index (χ4v) is 7.66. The van der Waals surface area contributed by atoms with Crippen molar-refractivity contribution in [2.24, 2.45) is 0 Å². The van der Waals surface area contributed by atoms with Crippen LogP contribution in [-0.2, 0) is 11.3 Å². The van der Waals surface area contributed by atoms with Gasteiger partial charge in [0, 0.05) is 87.9 Å². The molecule has 258 valence electrons. The van der Waals surface area contributed by atoms with Crippen LogP contribution in [0.3, 0.4) is 0 Å². The molecule has 0 aliphatic carbocycles. The number of ether oxygens (including phenoxy) is 1. The number of amides is 3. The molecule has 8 rings (SSSR count). The van der Waals surface area contributed by atoms with Crippen molar-refractivity contribution < 1.29 is 19.4 Å². The molecule has 3 fully saturated rings. The summed E-state index contributed by atoms with van der Waals surface area (Å²) in [5.74, 6) is 1.33. The SMILES string of the molecule is CC[C@]12CNc3nnc(-c4ccccc4O)cc3N1C[C@H](Oc1ccc(CN3CCN(c4ccc(N5CCC(=O)NC5=O)cc4)CC3)cn1)C2. The maximum Gasteiger partial charge on any atom is 0.328 e. The molecular formula is C37H41N9O4. The van der Waals surface area contributed by atoms with Crippen molar-refractivity contribution in [1.82, 2.24) is 25.4 Å². The van der Waals surface area contributed by atoms with Crippen molar-refractivity contribution in [3.05, 3.63) is 78.5 Å². The number of aromatic nitrogens is 3. The Morgan fingerprint density at radius 3 is 2.50 bits per heavy atom. The van der Waals surface area contributed by atoms with Crippen LogP contribution in [-0.4, -0.2) is 94.6 Å². The number of carbonyl (C=O) groups excluding carboxylic acids is 2. The summed E-state index contributed by atoms with van der Waals surface area (Å²) in [6.45, 7) is 8.57. The van der Waals surface area contributed by atoms with E-state index in [2.05, 4.69) is 48.5 Å². The van der Waals surface area contributed by atoms with Gasteiger partial charge in [-0.25, -0.2) is 9.78 Å². The Hall–Kier alpha value is -5.43. The lowest BCUT2D eigenvalue weighted by atomic mass is 9.90. The van der Waals surface area contributed by atoms with Gasteiger partial charge in [-0.15, -0.1) is 10.2 Å². The van der Waals surface area contributed by atoms with Crippen LogP contribution >= 0.6 is 0 Å². The van der Waals surface area contributed by atoms with Gasteiger partial charge in [0.05, 0.1) is 23.5 Å². The van der Waals surface area contributed by atoms with Gasteiger partial charge >= 0.3 is 6.03 Å². The highest BCUT2D eigenvalue weighted by Gasteiger charge is 2.49. The number of hydrogen-bond donors (Lipinski definition) is 3. The predicted octanol–water partition coefficient (Wildman–Crippen LogP) is 4.24. The molecule has 4 aliphatic rings. The van der Waals surface area contributed by atoms with E-state index in [-0.39, 0.29) is 29.3 Å². The molecular weight excluding hydrogens is 634 g/mol. The number of imide groups is 1. The normalized spacial score (nSPS) is 22.1. The van der Waals surface area contributed by atoms with Crippen molar-refractivity contribution in [1.29, 1.82) is 0 Å². The van der Waals surface area contributed by atoms with Crippen molar-refractivity contribution in [3.63, 3.8) is 0 Å². The van der Waals surface area contributed by atoms with Crippen LogP contribution in [0.5, 0.6) is 11.6 Å². The maximum atomic E-state index is 12.2. The molecule has 4 aliphatic heterocycles. The molecule has 3 N–H and O–H groups in total. The molecule has 50 heavy (non-hydrogen) atoms. The highest BCUT2D eigenvalue weighted by Crippen LogP contribution is 2.45. The number of hydrogen-bond acceptors (Lipinski definition) is 11. The minimum Gasteiger partial charge on any atom is -0.507 e. The van der Waals surface area contributed by atoms with E-state index in [1.807, 2.05) is 54.7 Å². The van der Waals surface area contributed by atoms with Gasteiger partial charge < -0.3 is 25.0 Å². The predicted molar refractivity (Wildman–Crippen MR) is 191 cm³/mol. The van der Waals surface area contributed by atoms with Crippen LogP contribution in [0, 0.1) is 0 Å². The number of fused-ring (bicyclic) bond motifs is 3. The first-order valence-corrected chi connectivity index (χ1v) is 17.4. The molecule has 0 radical (unpaired) electrons. The Morgan fingerprint density at radius 2 is 1.76 bits per heavy atom. The highest BCUT2D eigenvalue weighted by atomic mass is 16.5. The molecule has 4 aromatic rings. The number of rotatable bonds is 8. The van der Waals surface area contributed by atoms with Crippen LogP contribution in [0.15, 0.2) is 72.9 Å². The zero-order valence-corrected chi connectivity index (χ0v) is 28.1. The lowest BCUT2D eigenvalue weighted by Crippen LogP contribution is -2.52. The van der Waals surface area contributed by atoms with E-state index in [9.17, 15) is 14.7 Å². The molecule has 0 spiro atoms. The number of anilines is 4. The van der Waals surface area contributed by atoms with Gasteiger partial charge in [0.15, 0.2) is 5.82 Å². The van der Waals surface area contributed by atoms with Gasteiger partial charge in [0.25, 0.3) is 0 Å². The third-order valence-corrected chi connectivity index (χ3v) is 10.5. The number of nitrogens with one attached hydrogen (secondary N) is 2. The molecule has 0 bridgehead atoms. The summed E-state index contributed by atoms with van der Waals surface area (Å²) in [5.41, 5.74) is 5.22. The van der Waals surface area contributed by atoms with Crippen LogP contribution in [0.2, 0.25) is 0 Å². The van der Waals surface area contributed by atoms with E-state index >= 15 is 0 Å². The summed E-state index contributed by atoms with van der Waals surface area (Å²) in [6.07, 6.45) is 4.00. The molecule has 3 saturated heterocycles. The molecule has 6 heterocycles. The Labute approximate surface area is 290 Å². The standard InChI is InChI=1S/C37H41N9O4/c1-2-37-20-28(23-46(37)31-19-30(41-42-35(31)39-24-37)29-5-3-4-6-32(29)47)50-34-12-7-25(21-38-34)22-43-15-17-44(18-16-43)26-8-10-27(11-9-26)45-14-13-33(48)40-36(45)49/h3-12,19,21,28,47H,2,13-18,20,22-24H2,1H3,(H,39,42)(H,40,48,49)/t28-,37+/m1/s1.